The van der Waals surface area contributed by atoms with Crippen LogP contribution in [-0.4, -0.2) is 46.0 Å². The van der Waals surface area contributed by atoms with Crippen LogP contribution < -0.4 is 9.47 Å². The van der Waals surface area contributed by atoms with E-state index in [2.05, 4.69) is 50.2 Å². The average Bonchev–Trinajstić information content (AvgIpc) is 2.80. The number of methoxy groups -OCH3 is 2. The Kier molecular flexibility index (Phi) is 16.8. The van der Waals surface area contributed by atoms with Gasteiger partial charge in [-0.05, 0) is 63.1 Å². The van der Waals surface area contributed by atoms with Crippen molar-refractivity contribution in [3.8, 4) is 11.5 Å². The number of esters is 2. The number of alkyl halides is 1. The molecule has 34 heavy (non-hydrogen) atoms. The number of carbonyl (C=O) groups excluding carboxylic acids is 2. The van der Waals surface area contributed by atoms with E-state index in [4.69, 9.17) is 9.47 Å². The fourth-order valence-corrected chi connectivity index (χ4v) is 2.92. The minimum atomic E-state index is -0.425. The molecule has 2 aromatic carbocycles. The first-order chi connectivity index (χ1) is 16.1. The van der Waals surface area contributed by atoms with Crippen molar-refractivity contribution < 1.29 is 28.5 Å². The van der Waals surface area contributed by atoms with E-state index >= 15 is 0 Å². The molecule has 0 aromatic heterocycles. The quantitative estimate of drug-likeness (QED) is 0.203. The van der Waals surface area contributed by atoms with Crippen LogP contribution in [0.25, 0.3) is 0 Å². The number of thiol groups is 1. The summed E-state index contributed by atoms with van der Waals surface area (Å²) in [6.45, 7) is 7.88. The Morgan fingerprint density at radius 3 is 1.65 bits per heavy atom. The fourth-order valence-electron chi connectivity index (χ4n) is 2.42. The summed E-state index contributed by atoms with van der Waals surface area (Å²) >= 11 is 6.46. The van der Waals surface area contributed by atoms with Gasteiger partial charge >= 0.3 is 36.7 Å². The van der Waals surface area contributed by atoms with Gasteiger partial charge in [-0.2, -0.15) is 0 Å². The summed E-state index contributed by atoms with van der Waals surface area (Å²) in [5.41, 5.74) is 1.78. The molecule has 0 aliphatic rings. The van der Waals surface area contributed by atoms with Crippen LogP contribution in [0.1, 0.15) is 43.6 Å². The summed E-state index contributed by atoms with van der Waals surface area (Å²) in [6.07, 6.45) is 0.612. The molecule has 0 bridgehead atoms. The third-order valence-corrected chi connectivity index (χ3v) is 4.73. The van der Waals surface area contributed by atoms with E-state index in [1.165, 1.54) is 14.2 Å². The number of hydrogen-bond acceptors (Lipinski definition) is 8. The number of benzene rings is 2. The van der Waals surface area contributed by atoms with Crippen molar-refractivity contribution in [2.75, 3.05) is 14.2 Å². The summed E-state index contributed by atoms with van der Waals surface area (Å²) in [6, 6.07) is 14.8. The van der Waals surface area contributed by atoms with E-state index in [0.29, 0.717) is 6.42 Å². The number of halogens is 1. The second kappa shape index (κ2) is 18.1. The number of rotatable bonds is 8. The Labute approximate surface area is 217 Å². The number of ether oxygens (including phenoxy) is 4. The Morgan fingerprint density at radius 1 is 0.882 bits per heavy atom. The third kappa shape index (κ3) is 14.0. The molecular formula is C24H32BBrNO6S. The molecule has 2 rings (SSSR count). The van der Waals surface area contributed by atoms with Gasteiger partial charge in [-0.1, -0.05) is 40.2 Å². The first-order valence-corrected chi connectivity index (χ1v) is 11.7. The molecule has 1 atom stereocenters. The van der Waals surface area contributed by atoms with Crippen molar-refractivity contribution in [3.63, 3.8) is 0 Å². The number of hydrogen-bond donors (Lipinski definition) is 1. The Balaban J connectivity index is 0.000000575. The van der Waals surface area contributed by atoms with Gasteiger partial charge < -0.3 is 18.9 Å². The van der Waals surface area contributed by atoms with Crippen LogP contribution in [0, 0.1) is 0 Å². The van der Waals surface area contributed by atoms with E-state index in [-0.39, 0.29) is 24.1 Å². The second-order valence-corrected chi connectivity index (χ2v) is 8.45. The van der Waals surface area contributed by atoms with Gasteiger partial charge in [0.25, 0.3) is 0 Å². The molecule has 0 fully saturated rings. The van der Waals surface area contributed by atoms with Crippen molar-refractivity contribution in [2.45, 2.75) is 51.2 Å². The zero-order chi connectivity index (χ0) is 26.1. The first-order valence-electron chi connectivity index (χ1n) is 10.4. The number of carbonyl (C=O) groups is 2. The van der Waals surface area contributed by atoms with Crippen molar-refractivity contribution in [2.24, 2.45) is 4.30 Å². The van der Waals surface area contributed by atoms with Gasteiger partial charge in [-0.25, -0.2) is 0 Å². The van der Waals surface area contributed by atoms with Crippen molar-refractivity contribution >= 4 is 48.3 Å². The molecule has 0 saturated heterocycles. The predicted molar refractivity (Wildman–Crippen MR) is 141 cm³/mol. The molecule has 2 aromatic rings. The van der Waals surface area contributed by atoms with Crippen molar-refractivity contribution in [1.82, 2.24) is 0 Å². The zero-order valence-corrected chi connectivity index (χ0v) is 22.8. The molecule has 0 aliphatic carbocycles. The van der Waals surface area contributed by atoms with Crippen LogP contribution in [0.5, 0.6) is 11.5 Å². The van der Waals surface area contributed by atoms with Crippen LogP contribution in [0.15, 0.2) is 52.8 Å². The standard InChI is InChI=1S/C12H15BrO3.C12H16O3.BHNS/c1-8(2)16-10-6-4-9(5-7-10)11(13)12(14)15-3;1-9(2)15-11-6-4-10(5-7-11)8-12(13)14-3;1-2-3/h4-8,11H,1-3H3;4-7,9H,8H2,1-3H3;3H. The molecule has 0 spiro atoms. The van der Waals surface area contributed by atoms with Crippen molar-refractivity contribution in [3.05, 3.63) is 59.7 Å². The molecule has 7 nitrogen and oxygen atoms in total. The first kappa shape index (κ1) is 31.7. The van der Waals surface area contributed by atoms with E-state index in [1.807, 2.05) is 76.2 Å². The summed E-state index contributed by atoms with van der Waals surface area (Å²) in [5.74, 6) is 1.08. The van der Waals surface area contributed by atoms with Crippen LogP contribution >= 0.6 is 28.7 Å². The van der Waals surface area contributed by atoms with Crippen LogP contribution in [0.3, 0.4) is 0 Å². The zero-order valence-electron chi connectivity index (χ0n) is 20.4. The van der Waals surface area contributed by atoms with Gasteiger partial charge in [-0.3, -0.25) is 9.59 Å². The second-order valence-electron chi connectivity index (χ2n) is 7.30. The SMILES string of the molecule is COC(=O)C(Br)c1ccc(OC(C)C)cc1.COC(=O)Cc1ccc(OC(C)C)cc1.[B]=NS. The number of nitrogens with zero attached hydrogens (tertiary/aromatic N) is 1. The van der Waals surface area contributed by atoms with Gasteiger partial charge in [0.05, 0.1) is 32.8 Å². The molecule has 1 unspecified atom stereocenters. The summed E-state index contributed by atoms with van der Waals surface area (Å²) in [7, 11) is 7.09. The molecule has 0 aliphatic heterocycles. The van der Waals surface area contributed by atoms with Crippen LogP contribution in [0.2, 0.25) is 0 Å². The molecule has 0 saturated carbocycles. The third-order valence-electron chi connectivity index (χ3n) is 3.82. The van der Waals surface area contributed by atoms with Crippen molar-refractivity contribution in [1.29, 1.82) is 0 Å². The molecule has 0 N–H and O–H groups in total. The molecule has 1 radical (unpaired) electrons. The Morgan fingerprint density at radius 2 is 1.29 bits per heavy atom. The molecule has 10 heteroatoms. The summed E-state index contributed by atoms with van der Waals surface area (Å²) < 4.78 is 22.9. The topological polar surface area (TPSA) is 83.4 Å². The van der Waals surface area contributed by atoms with E-state index in [1.54, 1.807) is 0 Å². The monoisotopic (exact) mass is 552 g/mol. The van der Waals surface area contributed by atoms with E-state index in [9.17, 15) is 9.59 Å². The summed E-state index contributed by atoms with van der Waals surface area (Å²) in [4.78, 5) is 21.8. The van der Waals surface area contributed by atoms with E-state index < -0.39 is 4.83 Å². The average molecular weight is 553 g/mol. The molecule has 0 amide bonds. The fraction of sp³-hybridized carbons (Fsp3) is 0.417. The normalized spacial score (nSPS) is 10.6. The maximum absolute atomic E-state index is 11.3. The van der Waals surface area contributed by atoms with Gasteiger partial charge in [-0.15, -0.1) is 0 Å². The van der Waals surface area contributed by atoms with Gasteiger partial charge in [0.15, 0.2) is 0 Å². The van der Waals surface area contributed by atoms with Gasteiger partial charge in [0.2, 0.25) is 0 Å². The van der Waals surface area contributed by atoms with Gasteiger partial charge in [0, 0.05) is 0 Å². The summed E-state index contributed by atoms with van der Waals surface area (Å²) in [5, 5.41) is 0. The molecule has 0 heterocycles. The predicted octanol–water partition coefficient (Wildman–Crippen LogP) is 5.46. The Hall–Kier alpha value is -2.33. The van der Waals surface area contributed by atoms with Crippen LogP contribution in [0.4, 0.5) is 0 Å². The maximum atomic E-state index is 11.3. The van der Waals surface area contributed by atoms with Gasteiger partial charge in [0.1, 0.15) is 16.3 Å². The molecular weight excluding hydrogens is 521 g/mol. The van der Waals surface area contributed by atoms with Crippen LogP contribution in [-0.2, 0) is 25.5 Å². The molecule has 185 valence electrons. The Bertz CT molecular complexity index is 863. The van der Waals surface area contributed by atoms with E-state index in [0.717, 1.165) is 22.6 Å². The minimum absolute atomic E-state index is 0.145.